The maximum atomic E-state index is 11.4. The van der Waals surface area contributed by atoms with Crippen molar-refractivity contribution in [2.75, 3.05) is 13.1 Å². The molecule has 1 aliphatic heterocycles. The molecule has 3 heteroatoms. The third kappa shape index (κ3) is 2.94. The summed E-state index contributed by atoms with van der Waals surface area (Å²) in [5, 5.41) is 12.7. The average Bonchev–Trinajstić information content (AvgIpc) is 2.18. The Morgan fingerprint density at radius 2 is 2.00 bits per heavy atom. The number of piperidine rings is 1. The lowest BCUT2D eigenvalue weighted by Crippen LogP contribution is -2.41. The summed E-state index contributed by atoms with van der Waals surface area (Å²) in [5.74, 6) is -0.461. The van der Waals surface area contributed by atoms with Crippen molar-refractivity contribution in [1.82, 2.24) is 5.32 Å². The molecule has 1 fully saturated rings. The van der Waals surface area contributed by atoms with Gasteiger partial charge in [-0.05, 0) is 37.3 Å². The van der Waals surface area contributed by atoms with Crippen molar-refractivity contribution in [1.29, 1.82) is 0 Å². The third-order valence-electron chi connectivity index (χ3n) is 3.87. The molecule has 88 valence electrons. The number of rotatable bonds is 4. The number of carboxylic acids is 1. The van der Waals surface area contributed by atoms with Crippen LogP contribution in [0.15, 0.2) is 0 Å². The van der Waals surface area contributed by atoms with Gasteiger partial charge in [-0.15, -0.1) is 0 Å². The molecule has 0 radical (unpaired) electrons. The average molecular weight is 213 g/mol. The molecule has 1 heterocycles. The van der Waals surface area contributed by atoms with E-state index >= 15 is 0 Å². The van der Waals surface area contributed by atoms with E-state index in [1.54, 1.807) is 0 Å². The van der Waals surface area contributed by atoms with Crippen LogP contribution in [-0.4, -0.2) is 24.2 Å². The topological polar surface area (TPSA) is 49.3 Å². The fraction of sp³-hybridized carbons (Fsp3) is 0.917. The second-order valence-electron chi connectivity index (χ2n) is 5.25. The zero-order chi connectivity index (χ0) is 11.5. The monoisotopic (exact) mass is 213 g/mol. The minimum absolute atomic E-state index is 0.0894. The van der Waals surface area contributed by atoms with E-state index in [0.29, 0.717) is 5.92 Å². The molecular weight excluding hydrogens is 190 g/mol. The Balaban J connectivity index is 2.76. The standard InChI is InChI=1S/C12H23NO2/c1-4-12(2,3)10(11(14)15)9-5-7-13-8-6-9/h9-10,13H,4-8H2,1-3H3,(H,14,15). The van der Waals surface area contributed by atoms with E-state index in [1.165, 1.54) is 0 Å². The minimum Gasteiger partial charge on any atom is -0.481 e. The summed E-state index contributed by atoms with van der Waals surface area (Å²) in [7, 11) is 0. The number of hydrogen-bond donors (Lipinski definition) is 2. The van der Waals surface area contributed by atoms with Crippen LogP contribution in [0.4, 0.5) is 0 Å². The zero-order valence-corrected chi connectivity index (χ0v) is 10.0. The molecule has 2 N–H and O–H groups in total. The van der Waals surface area contributed by atoms with Gasteiger partial charge >= 0.3 is 5.97 Å². The number of hydrogen-bond acceptors (Lipinski definition) is 2. The molecule has 0 aromatic carbocycles. The number of nitrogens with one attached hydrogen (secondary N) is 1. The lowest BCUT2D eigenvalue weighted by atomic mass is 9.68. The van der Waals surface area contributed by atoms with Gasteiger partial charge in [-0.1, -0.05) is 27.2 Å². The Kier molecular flexibility index (Phi) is 4.14. The van der Waals surface area contributed by atoms with E-state index in [2.05, 4.69) is 26.1 Å². The van der Waals surface area contributed by atoms with E-state index in [-0.39, 0.29) is 11.3 Å². The summed E-state index contributed by atoms with van der Waals surface area (Å²) >= 11 is 0. The normalized spacial score (nSPS) is 21.3. The maximum Gasteiger partial charge on any atom is 0.307 e. The number of aliphatic carboxylic acids is 1. The van der Waals surface area contributed by atoms with Crippen LogP contribution in [0.5, 0.6) is 0 Å². The molecule has 1 atom stereocenters. The van der Waals surface area contributed by atoms with E-state index in [1.807, 2.05) is 0 Å². The first-order valence-electron chi connectivity index (χ1n) is 5.92. The molecule has 1 rings (SSSR count). The van der Waals surface area contributed by atoms with Crippen molar-refractivity contribution in [3.63, 3.8) is 0 Å². The van der Waals surface area contributed by atoms with Crippen LogP contribution < -0.4 is 5.32 Å². The minimum atomic E-state index is -0.617. The Bertz CT molecular complexity index is 220. The molecule has 15 heavy (non-hydrogen) atoms. The van der Waals surface area contributed by atoms with Crippen LogP contribution in [0.3, 0.4) is 0 Å². The van der Waals surface area contributed by atoms with Gasteiger partial charge in [-0.25, -0.2) is 0 Å². The van der Waals surface area contributed by atoms with E-state index in [4.69, 9.17) is 0 Å². The number of carbonyl (C=O) groups is 1. The summed E-state index contributed by atoms with van der Waals surface area (Å²) in [5.41, 5.74) is -0.0894. The lowest BCUT2D eigenvalue weighted by Gasteiger charge is -2.38. The van der Waals surface area contributed by atoms with Crippen molar-refractivity contribution < 1.29 is 9.90 Å². The molecular formula is C12H23NO2. The predicted molar refractivity (Wildman–Crippen MR) is 60.8 cm³/mol. The Morgan fingerprint density at radius 3 is 2.40 bits per heavy atom. The quantitative estimate of drug-likeness (QED) is 0.752. The summed E-state index contributed by atoms with van der Waals surface area (Å²) in [6, 6.07) is 0. The molecule has 1 aliphatic rings. The Labute approximate surface area is 92.3 Å². The van der Waals surface area contributed by atoms with Crippen molar-refractivity contribution in [3.8, 4) is 0 Å². The van der Waals surface area contributed by atoms with Gasteiger partial charge in [-0.2, -0.15) is 0 Å². The van der Waals surface area contributed by atoms with Crippen molar-refractivity contribution in [3.05, 3.63) is 0 Å². The maximum absolute atomic E-state index is 11.4. The van der Waals surface area contributed by atoms with Gasteiger partial charge in [-0.3, -0.25) is 4.79 Å². The molecule has 0 aliphatic carbocycles. The second-order valence-corrected chi connectivity index (χ2v) is 5.25. The first-order valence-corrected chi connectivity index (χ1v) is 5.92. The van der Waals surface area contributed by atoms with E-state index < -0.39 is 5.97 Å². The molecule has 1 saturated heterocycles. The third-order valence-corrected chi connectivity index (χ3v) is 3.87. The molecule has 0 aromatic rings. The second kappa shape index (κ2) is 4.97. The fourth-order valence-corrected chi connectivity index (χ4v) is 2.57. The molecule has 0 amide bonds. The van der Waals surface area contributed by atoms with Crippen LogP contribution in [0.2, 0.25) is 0 Å². The summed E-state index contributed by atoms with van der Waals surface area (Å²) in [4.78, 5) is 11.4. The van der Waals surface area contributed by atoms with Gasteiger partial charge in [0.1, 0.15) is 0 Å². The Hall–Kier alpha value is -0.570. The van der Waals surface area contributed by atoms with Crippen LogP contribution in [0.1, 0.15) is 40.0 Å². The molecule has 3 nitrogen and oxygen atoms in total. The highest BCUT2D eigenvalue weighted by atomic mass is 16.4. The summed E-state index contributed by atoms with van der Waals surface area (Å²) in [6.45, 7) is 8.17. The van der Waals surface area contributed by atoms with Crippen LogP contribution >= 0.6 is 0 Å². The molecule has 1 unspecified atom stereocenters. The van der Waals surface area contributed by atoms with Crippen molar-refractivity contribution in [2.45, 2.75) is 40.0 Å². The largest absolute Gasteiger partial charge is 0.481 e. The molecule has 0 spiro atoms. The van der Waals surface area contributed by atoms with Gasteiger partial charge in [0.15, 0.2) is 0 Å². The lowest BCUT2D eigenvalue weighted by molar-refractivity contribution is -0.149. The summed E-state index contributed by atoms with van der Waals surface area (Å²) < 4.78 is 0. The van der Waals surface area contributed by atoms with Gasteiger partial charge in [0.25, 0.3) is 0 Å². The van der Waals surface area contributed by atoms with E-state index in [0.717, 1.165) is 32.4 Å². The highest BCUT2D eigenvalue weighted by Gasteiger charge is 2.39. The summed E-state index contributed by atoms with van der Waals surface area (Å²) in [6.07, 6.45) is 2.93. The Morgan fingerprint density at radius 1 is 1.47 bits per heavy atom. The predicted octanol–water partition coefficient (Wildman–Crippen LogP) is 2.12. The van der Waals surface area contributed by atoms with Gasteiger partial charge in [0.05, 0.1) is 5.92 Å². The number of carboxylic acid groups (broad SMARTS) is 1. The van der Waals surface area contributed by atoms with Crippen LogP contribution in [0, 0.1) is 17.3 Å². The van der Waals surface area contributed by atoms with Crippen molar-refractivity contribution in [2.24, 2.45) is 17.3 Å². The van der Waals surface area contributed by atoms with Gasteiger partial charge in [0, 0.05) is 0 Å². The molecule has 0 bridgehead atoms. The molecule has 0 aromatic heterocycles. The van der Waals surface area contributed by atoms with Crippen LogP contribution in [-0.2, 0) is 4.79 Å². The zero-order valence-electron chi connectivity index (χ0n) is 10.0. The SMILES string of the molecule is CCC(C)(C)C(C(=O)O)C1CCNCC1. The first kappa shape index (κ1) is 12.5. The fourth-order valence-electron chi connectivity index (χ4n) is 2.57. The van der Waals surface area contributed by atoms with Gasteiger partial charge in [0.2, 0.25) is 0 Å². The smallest absolute Gasteiger partial charge is 0.307 e. The van der Waals surface area contributed by atoms with Crippen molar-refractivity contribution >= 4 is 5.97 Å². The first-order chi connectivity index (χ1) is 6.99. The van der Waals surface area contributed by atoms with E-state index in [9.17, 15) is 9.90 Å². The highest BCUT2D eigenvalue weighted by molar-refractivity contribution is 5.71. The van der Waals surface area contributed by atoms with Gasteiger partial charge < -0.3 is 10.4 Å². The highest BCUT2D eigenvalue weighted by Crippen LogP contribution is 2.39. The van der Waals surface area contributed by atoms with Crippen LogP contribution in [0.25, 0.3) is 0 Å². The molecule has 0 saturated carbocycles.